The van der Waals surface area contributed by atoms with E-state index >= 15 is 0 Å². The first-order chi connectivity index (χ1) is 14.5. The number of Topliss-reactive ketones (excluding diaryl/α,β-unsaturated/α-hetero) is 1. The zero-order chi connectivity index (χ0) is 21.0. The van der Waals surface area contributed by atoms with Crippen LogP contribution in [0, 0.1) is 0 Å². The highest BCUT2D eigenvalue weighted by Gasteiger charge is 2.26. The zero-order valence-corrected chi connectivity index (χ0v) is 16.7. The summed E-state index contributed by atoms with van der Waals surface area (Å²) < 4.78 is 1.52. The number of amides is 1. The van der Waals surface area contributed by atoms with Crippen molar-refractivity contribution in [3.8, 4) is 5.75 Å². The second-order valence-electron chi connectivity index (χ2n) is 7.31. The molecule has 1 amide bonds. The van der Waals surface area contributed by atoms with Crippen molar-refractivity contribution in [3.63, 3.8) is 0 Å². The molecule has 7 nitrogen and oxygen atoms in total. The Balaban J connectivity index is 1.93. The Hall–Kier alpha value is -3.52. The number of aromatic hydroxyl groups is 1. The lowest BCUT2D eigenvalue weighted by Crippen LogP contribution is -2.17. The molecule has 5 rings (SSSR count). The number of primary amides is 1. The van der Waals surface area contributed by atoms with Gasteiger partial charge in [-0.25, -0.2) is 0 Å². The number of nitrogens with two attached hydrogens (primary N) is 1. The standard InChI is InChI=1S/C22H17N3O4S/c23-19(28)17-18(27)13(10-14(26)11-6-2-1-3-7-11)25-20(17)24-21(29)16-12-8-4-5-9-15(12)30-22(16)25/h1-3,6-7,10,27H,4-5,8-9H2,(H2,23,28)/b13-10+. The summed E-state index contributed by atoms with van der Waals surface area (Å²) in [5.41, 5.74) is 6.16. The summed E-state index contributed by atoms with van der Waals surface area (Å²) in [5.74, 6) is -1.70. The number of carbonyl (C=O) groups excluding carboxylic acids is 2. The average Bonchev–Trinajstić information content (AvgIpc) is 3.24. The van der Waals surface area contributed by atoms with Crippen molar-refractivity contribution in [2.75, 3.05) is 0 Å². The van der Waals surface area contributed by atoms with Gasteiger partial charge in [0.15, 0.2) is 17.2 Å². The first-order valence-corrected chi connectivity index (χ1v) is 10.4. The van der Waals surface area contributed by atoms with E-state index in [4.69, 9.17) is 5.73 Å². The lowest BCUT2D eigenvalue weighted by Gasteiger charge is -2.09. The summed E-state index contributed by atoms with van der Waals surface area (Å²) in [5, 5.41) is 11.4. The van der Waals surface area contributed by atoms with E-state index in [1.165, 1.54) is 21.8 Å². The molecule has 0 atom stereocenters. The number of rotatable bonds is 3. The number of carbonyl (C=O) groups is 2. The van der Waals surface area contributed by atoms with Gasteiger partial charge in [-0.05, 0) is 31.2 Å². The molecule has 0 fully saturated rings. The number of aromatic nitrogens is 2. The summed E-state index contributed by atoms with van der Waals surface area (Å²) in [4.78, 5) is 43.5. The van der Waals surface area contributed by atoms with Crippen molar-refractivity contribution in [2.45, 2.75) is 25.7 Å². The van der Waals surface area contributed by atoms with Crippen LogP contribution in [0.15, 0.2) is 35.1 Å². The summed E-state index contributed by atoms with van der Waals surface area (Å²) >= 11 is 1.44. The van der Waals surface area contributed by atoms with E-state index in [2.05, 4.69) is 4.98 Å². The van der Waals surface area contributed by atoms with Gasteiger partial charge in [0.1, 0.15) is 10.4 Å². The molecule has 30 heavy (non-hydrogen) atoms. The predicted molar refractivity (Wildman–Crippen MR) is 114 cm³/mol. The monoisotopic (exact) mass is 419 g/mol. The van der Waals surface area contributed by atoms with E-state index in [1.807, 2.05) is 0 Å². The Morgan fingerprint density at radius 2 is 1.90 bits per heavy atom. The molecule has 3 aromatic heterocycles. The maximum atomic E-state index is 12.8. The fraction of sp³-hybridized carbons (Fsp3) is 0.182. The van der Waals surface area contributed by atoms with Gasteiger partial charge in [0.05, 0.1) is 10.7 Å². The number of benzene rings is 1. The minimum Gasteiger partial charge on any atom is -0.505 e. The quantitative estimate of drug-likeness (QED) is 0.493. The molecule has 0 aliphatic heterocycles. The van der Waals surface area contributed by atoms with E-state index in [9.17, 15) is 19.5 Å². The Morgan fingerprint density at radius 3 is 2.63 bits per heavy atom. The van der Waals surface area contributed by atoms with Crippen LogP contribution in [0.1, 0.15) is 44.0 Å². The van der Waals surface area contributed by atoms with Gasteiger partial charge in [-0.1, -0.05) is 30.3 Å². The first-order valence-electron chi connectivity index (χ1n) is 9.60. The summed E-state index contributed by atoms with van der Waals surface area (Å²) in [6.45, 7) is 0. The molecule has 0 saturated carbocycles. The lowest BCUT2D eigenvalue weighted by atomic mass is 9.97. The van der Waals surface area contributed by atoms with Gasteiger partial charge in [0.25, 0.3) is 11.5 Å². The largest absolute Gasteiger partial charge is 0.505 e. The summed E-state index contributed by atoms with van der Waals surface area (Å²) in [6.07, 6.45) is 4.95. The van der Waals surface area contributed by atoms with Crippen LogP contribution in [-0.2, 0) is 12.8 Å². The third-order valence-corrected chi connectivity index (χ3v) is 6.78. The number of hydrogen-bond donors (Lipinski definition) is 2. The Kier molecular flexibility index (Phi) is 4.18. The van der Waals surface area contributed by atoms with Crippen LogP contribution < -0.4 is 16.6 Å². The number of ketones is 1. The van der Waals surface area contributed by atoms with Crippen LogP contribution in [0.3, 0.4) is 0 Å². The smallest absolute Gasteiger partial charge is 0.282 e. The lowest BCUT2D eigenvalue weighted by molar-refractivity contribution is 0.0998. The first kappa shape index (κ1) is 18.5. The molecule has 0 saturated heterocycles. The number of aryl methyl sites for hydroxylation is 2. The molecule has 0 bridgehead atoms. The molecule has 0 spiro atoms. The van der Waals surface area contributed by atoms with E-state index in [0.29, 0.717) is 15.8 Å². The van der Waals surface area contributed by atoms with Crippen LogP contribution >= 0.6 is 11.3 Å². The van der Waals surface area contributed by atoms with E-state index in [0.717, 1.165) is 36.1 Å². The maximum Gasteiger partial charge on any atom is 0.282 e. The highest BCUT2D eigenvalue weighted by molar-refractivity contribution is 7.18. The number of thiophene rings is 1. The maximum absolute atomic E-state index is 12.8. The number of hydrogen-bond acceptors (Lipinski definition) is 6. The Labute approximate surface area is 174 Å². The molecule has 1 aliphatic carbocycles. The van der Waals surface area contributed by atoms with Crippen LogP contribution in [0.4, 0.5) is 0 Å². The predicted octanol–water partition coefficient (Wildman–Crippen LogP) is 1.97. The van der Waals surface area contributed by atoms with Crippen molar-refractivity contribution in [3.05, 3.63) is 67.6 Å². The van der Waals surface area contributed by atoms with Crippen molar-refractivity contribution in [1.82, 2.24) is 9.38 Å². The van der Waals surface area contributed by atoms with Gasteiger partial charge in [-0.3, -0.25) is 18.8 Å². The second-order valence-corrected chi connectivity index (χ2v) is 8.40. The topological polar surface area (TPSA) is 115 Å². The number of nitrogens with zero attached hydrogens (tertiary/aromatic N) is 2. The van der Waals surface area contributed by atoms with E-state index in [1.54, 1.807) is 30.3 Å². The summed E-state index contributed by atoms with van der Waals surface area (Å²) in [6, 6.07) is 8.60. The van der Waals surface area contributed by atoms with Gasteiger partial charge < -0.3 is 10.8 Å². The zero-order valence-electron chi connectivity index (χ0n) is 15.8. The van der Waals surface area contributed by atoms with E-state index < -0.39 is 17.2 Å². The Morgan fingerprint density at radius 1 is 1.17 bits per heavy atom. The summed E-state index contributed by atoms with van der Waals surface area (Å²) in [7, 11) is 0. The highest BCUT2D eigenvalue weighted by atomic mass is 32.1. The molecule has 4 aromatic rings. The van der Waals surface area contributed by atoms with Crippen molar-refractivity contribution >= 4 is 45.0 Å². The van der Waals surface area contributed by atoms with E-state index in [-0.39, 0.29) is 22.3 Å². The van der Waals surface area contributed by atoms with Crippen molar-refractivity contribution in [2.24, 2.45) is 5.73 Å². The molecule has 0 unspecified atom stereocenters. The minimum absolute atomic E-state index is 0.0248. The molecule has 3 heterocycles. The van der Waals surface area contributed by atoms with Gasteiger partial charge >= 0.3 is 0 Å². The molecule has 150 valence electrons. The molecule has 0 radical (unpaired) electrons. The molecule has 1 aliphatic rings. The molecular formula is C22H17N3O4S. The van der Waals surface area contributed by atoms with Gasteiger partial charge in [-0.15, -0.1) is 11.3 Å². The van der Waals surface area contributed by atoms with Crippen LogP contribution in [-0.4, -0.2) is 26.2 Å². The van der Waals surface area contributed by atoms with Crippen molar-refractivity contribution < 1.29 is 14.7 Å². The molecular weight excluding hydrogens is 402 g/mol. The van der Waals surface area contributed by atoms with Gasteiger partial charge in [0, 0.05) is 16.5 Å². The van der Waals surface area contributed by atoms with Crippen LogP contribution in [0.25, 0.3) is 21.9 Å². The van der Waals surface area contributed by atoms with Gasteiger partial charge in [0.2, 0.25) is 0 Å². The third kappa shape index (κ3) is 2.64. The van der Waals surface area contributed by atoms with Gasteiger partial charge in [-0.2, -0.15) is 4.98 Å². The second kappa shape index (κ2) is 6.77. The molecule has 8 heteroatoms. The minimum atomic E-state index is -0.913. The van der Waals surface area contributed by atoms with Crippen LogP contribution in [0.5, 0.6) is 5.75 Å². The highest BCUT2D eigenvalue weighted by Crippen LogP contribution is 2.35. The molecule has 3 N–H and O–H groups in total. The number of fused-ring (bicyclic) bond motifs is 5. The fourth-order valence-electron chi connectivity index (χ4n) is 4.13. The average molecular weight is 419 g/mol. The SMILES string of the molecule is NC(=O)c1c(O)/c(=C\C(=O)c2ccccc2)n2c1nc(=O)c1c3c(sc12)CCCC3. The molecule has 1 aromatic carbocycles. The normalized spacial score (nSPS) is 14.3. The third-order valence-electron chi connectivity index (χ3n) is 5.51. The van der Waals surface area contributed by atoms with Crippen LogP contribution in [0.2, 0.25) is 0 Å². The fourth-order valence-corrected chi connectivity index (χ4v) is 5.52. The Bertz CT molecular complexity index is 1470. The van der Waals surface area contributed by atoms with Crippen molar-refractivity contribution in [1.29, 1.82) is 0 Å².